The smallest absolute Gasteiger partial charge is 0.333 e. The first-order valence-corrected chi connectivity index (χ1v) is 26.7. The standard InChI is InChI=1S/C55H94O8/c1-6-9-11-13-17-23-29-50-44(27-21-12-10-7-2)33-34-45(28-22-16-14-19-25-31-54(58)62-48-39-41-49(42-40-48)63-55(59)43(4)5)51(50)30-24-18-15-20-26-32-53(57)61-47-37-35-46(36-38-47)60-52(56)8-3/h8,44-51H,3-4,6-7,9-42H2,1-2,5H3. The summed E-state index contributed by atoms with van der Waals surface area (Å²) in [4.78, 5) is 48.6. The lowest BCUT2D eigenvalue weighted by atomic mass is 9.61. The molecule has 4 unspecified atom stereocenters. The number of hydrogen-bond donors (Lipinski definition) is 0. The van der Waals surface area contributed by atoms with Gasteiger partial charge >= 0.3 is 23.9 Å². The minimum atomic E-state index is -0.376. The van der Waals surface area contributed by atoms with Crippen LogP contribution in [-0.2, 0) is 38.1 Å². The molecule has 3 aliphatic rings. The van der Waals surface area contributed by atoms with E-state index < -0.39 is 0 Å². The zero-order chi connectivity index (χ0) is 45.5. The third-order valence-electron chi connectivity index (χ3n) is 14.8. The van der Waals surface area contributed by atoms with Crippen molar-refractivity contribution < 1.29 is 38.1 Å². The fraction of sp³-hybridized carbons (Fsp3) is 0.855. The predicted molar refractivity (Wildman–Crippen MR) is 256 cm³/mol. The number of carbonyl (C=O) groups excluding carboxylic acids is 4. The van der Waals surface area contributed by atoms with Crippen LogP contribution in [0, 0.1) is 23.7 Å². The Bertz CT molecular complexity index is 1280. The van der Waals surface area contributed by atoms with Gasteiger partial charge in [-0.25, -0.2) is 9.59 Å². The van der Waals surface area contributed by atoms with Crippen LogP contribution in [0.3, 0.4) is 0 Å². The van der Waals surface area contributed by atoms with E-state index in [0.29, 0.717) is 18.4 Å². The van der Waals surface area contributed by atoms with E-state index in [4.69, 9.17) is 18.9 Å². The van der Waals surface area contributed by atoms with E-state index in [1.807, 2.05) is 0 Å². The van der Waals surface area contributed by atoms with E-state index in [-0.39, 0.29) is 48.3 Å². The van der Waals surface area contributed by atoms with Gasteiger partial charge in [0.15, 0.2) is 0 Å². The van der Waals surface area contributed by atoms with Gasteiger partial charge in [-0.2, -0.15) is 0 Å². The topological polar surface area (TPSA) is 105 Å². The van der Waals surface area contributed by atoms with Gasteiger partial charge in [-0.3, -0.25) is 9.59 Å². The fourth-order valence-electron chi connectivity index (χ4n) is 11.0. The van der Waals surface area contributed by atoms with E-state index in [9.17, 15) is 19.2 Å². The van der Waals surface area contributed by atoms with E-state index in [1.54, 1.807) is 6.92 Å². The van der Waals surface area contributed by atoms with Crippen molar-refractivity contribution in [2.75, 3.05) is 0 Å². The second-order valence-electron chi connectivity index (χ2n) is 20.0. The first kappa shape index (κ1) is 54.7. The van der Waals surface area contributed by atoms with Gasteiger partial charge in [0.2, 0.25) is 0 Å². The Balaban J connectivity index is 1.41. The molecule has 0 radical (unpaired) electrons. The molecule has 362 valence electrons. The van der Waals surface area contributed by atoms with Crippen molar-refractivity contribution in [1.29, 1.82) is 0 Å². The molecule has 8 nitrogen and oxygen atoms in total. The number of unbranched alkanes of at least 4 members (excludes halogenated alkanes) is 16. The lowest BCUT2D eigenvalue weighted by Gasteiger charge is -2.44. The number of carbonyl (C=O) groups is 4. The van der Waals surface area contributed by atoms with Crippen LogP contribution in [0.15, 0.2) is 24.8 Å². The van der Waals surface area contributed by atoms with E-state index in [0.717, 1.165) is 101 Å². The molecule has 0 N–H and O–H groups in total. The molecule has 8 heteroatoms. The summed E-state index contributed by atoms with van der Waals surface area (Å²) < 4.78 is 22.4. The molecular formula is C55H94O8. The molecule has 0 heterocycles. The summed E-state index contributed by atoms with van der Waals surface area (Å²) >= 11 is 0. The Labute approximate surface area is 385 Å². The van der Waals surface area contributed by atoms with Crippen molar-refractivity contribution in [2.24, 2.45) is 23.7 Å². The highest BCUT2D eigenvalue weighted by atomic mass is 16.6. The van der Waals surface area contributed by atoms with E-state index in [1.165, 1.54) is 147 Å². The van der Waals surface area contributed by atoms with Gasteiger partial charge in [-0.15, -0.1) is 0 Å². The molecule has 3 rings (SSSR count). The molecule has 4 atom stereocenters. The highest BCUT2D eigenvalue weighted by molar-refractivity contribution is 5.87. The van der Waals surface area contributed by atoms with E-state index in [2.05, 4.69) is 27.0 Å². The molecule has 0 aliphatic heterocycles. The van der Waals surface area contributed by atoms with Crippen LogP contribution < -0.4 is 0 Å². The molecular weight excluding hydrogens is 789 g/mol. The van der Waals surface area contributed by atoms with Gasteiger partial charge < -0.3 is 18.9 Å². The quantitative estimate of drug-likeness (QED) is 0.0272. The molecule has 0 amide bonds. The van der Waals surface area contributed by atoms with Crippen molar-refractivity contribution in [3.63, 3.8) is 0 Å². The van der Waals surface area contributed by atoms with Crippen molar-refractivity contribution in [1.82, 2.24) is 0 Å². The second-order valence-corrected chi connectivity index (χ2v) is 20.0. The largest absolute Gasteiger partial charge is 0.462 e. The molecule has 0 spiro atoms. The maximum absolute atomic E-state index is 12.6. The highest BCUT2D eigenvalue weighted by Gasteiger charge is 2.38. The van der Waals surface area contributed by atoms with Gasteiger partial charge in [0, 0.05) is 24.5 Å². The molecule has 3 aliphatic carbocycles. The zero-order valence-electron chi connectivity index (χ0n) is 40.8. The van der Waals surface area contributed by atoms with Crippen LogP contribution in [0.1, 0.15) is 252 Å². The molecule has 0 saturated heterocycles. The summed E-state index contributed by atoms with van der Waals surface area (Å²) in [6.07, 6.45) is 41.5. The molecule has 3 fully saturated rings. The Morgan fingerprint density at radius 1 is 0.444 bits per heavy atom. The molecule has 0 bridgehead atoms. The fourth-order valence-corrected chi connectivity index (χ4v) is 11.0. The van der Waals surface area contributed by atoms with Crippen molar-refractivity contribution in [3.05, 3.63) is 24.8 Å². The van der Waals surface area contributed by atoms with Crippen molar-refractivity contribution >= 4 is 23.9 Å². The third kappa shape index (κ3) is 23.9. The third-order valence-corrected chi connectivity index (χ3v) is 14.8. The monoisotopic (exact) mass is 883 g/mol. The molecule has 3 saturated carbocycles. The lowest BCUT2D eigenvalue weighted by molar-refractivity contribution is -0.156. The molecule has 0 aromatic carbocycles. The zero-order valence-corrected chi connectivity index (χ0v) is 40.8. The Hall–Kier alpha value is -2.64. The summed E-state index contributed by atoms with van der Waals surface area (Å²) in [5.74, 6) is 2.61. The van der Waals surface area contributed by atoms with E-state index >= 15 is 0 Å². The molecule has 63 heavy (non-hydrogen) atoms. The van der Waals surface area contributed by atoms with Gasteiger partial charge in [0.1, 0.15) is 24.4 Å². The summed E-state index contributed by atoms with van der Waals surface area (Å²) in [5.41, 5.74) is 0.424. The van der Waals surface area contributed by atoms with Gasteiger partial charge in [-0.1, -0.05) is 155 Å². The van der Waals surface area contributed by atoms with Crippen molar-refractivity contribution in [3.8, 4) is 0 Å². The first-order valence-electron chi connectivity index (χ1n) is 26.7. The summed E-state index contributed by atoms with van der Waals surface area (Å²) in [5, 5.41) is 0. The Kier molecular flexibility index (Phi) is 29.3. The molecule has 0 aromatic heterocycles. The van der Waals surface area contributed by atoms with Gasteiger partial charge in [-0.05, 0) is 120 Å². The summed E-state index contributed by atoms with van der Waals surface area (Å²) in [7, 11) is 0. The van der Waals surface area contributed by atoms with Gasteiger partial charge in [0.25, 0.3) is 0 Å². The molecule has 0 aromatic rings. The number of hydrogen-bond acceptors (Lipinski definition) is 8. The van der Waals surface area contributed by atoms with Crippen LogP contribution in [0.2, 0.25) is 0 Å². The number of rotatable bonds is 34. The van der Waals surface area contributed by atoms with Crippen LogP contribution in [-0.4, -0.2) is 48.3 Å². The minimum absolute atomic E-state index is 0.0547. The predicted octanol–water partition coefficient (Wildman–Crippen LogP) is 15.0. The summed E-state index contributed by atoms with van der Waals surface area (Å²) in [6, 6.07) is 0. The Morgan fingerprint density at radius 2 is 0.778 bits per heavy atom. The first-order chi connectivity index (χ1) is 30.6. The van der Waals surface area contributed by atoms with Crippen molar-refractivity contribution in [2.45, 2.75) is 276 Å². The van der Waals surface area contributed by atoms with Crippen LogP contribution in [0.5, 0.6) is 0 Å². The average Bonchev–Trinajstić information content (AvgIpc) is 3.27. The lowest BCUT2D eigenvalue weighted by Crippen LogP contribution is -2.35. The normalized spacial score (nSPS) is 24.9. The SMILES string of the molecule is C=CC(=O)OC1CCC(OC(=O)CCCCCCCC2C(CCCCCCCC(=O)OC3CCC(OC(=O)C(=C)C)CC3)CCC(CCCCCC)C2CCCCCCCC)CC1. The maximum atomic E-state index is 12.6. The number of ether oxygens (including phenoxy) is 4. The highest BCUT2D eigenvalue weighted by Crippen LogP contribution is 2.48. The van der Waals surface area contributed by atoms with Crippen LogP contribution in [0.4, 0.5) is 0 Å². The second kappa shape index (κ2) is 33.8. The van der Waals surface area contributed by atoms with Crippen LogP contribution >= 0.6 is 0 Å². The van der Waals surface area contributed by atoms with Gasteiger partial charge in [0.05, 0.1) is 0 Å². The average molecular weight is 883 g/mol. The van der Waals surface area contributed by atoms with Crippen LogP contribution in [0.25, 0.3) is 0 Å². The minimum Gasteiger partial charge on any atom is -0.462 e. The Morgan fingerprint density at radius 3 is 1.17 bits per heavy atom. The maximum Gasteiger partial charge on any atom is 0.333 e. The summed E-state index contributed by atoms with van der Waals surface area (Å²) in [6.45, 7) is 13.4. The number of esters is 4.